The van der Waals surface area contributed by atoms with Gasteiger partial charge in [0.05, 0.1) is 29.8 Å². The van der Waals surface area contributed by atoms with Crippen LogP contribution in [0.15, 0.2) is 18.5 Å². The van der Waals surface area contributed by atoms with E-state index < -0.39 is 17.8 Å². The lowest BCUT2D eigenvalue weighted by Gasteiger charge is -2.35. The summed E-state index contributed by atoms with van der Waals surface area (Å²) >= 11 is 0. The van der Waals surface area contributed by atoms with Crippen molar-refractivity contribution in [2.75, 3.05) is 13.1 Å². The Hall–Kier alpha value is -2.95. The average molecular weight is 422 g/mol. The number of morpholine rings is 1. The molecule has 0 spiro atoms. The Morgan fingerprint density at radius 1 is 1.23 bits per heavy atom. The van der Waals surface area contributed by atoms with Crippen LogP contribution in [0.25, 0.3) is 16.9 Å². The highest BCUT2D eigenvalue weighted by atomic mass is 19.4. The number of hydrogen-bond acceptors (Lipinski definition) is 5. The summed E-state index contributed by atoms with van der Waals surface area (Å²) in [5, 5.41) is 8.01. The van der Waals surface area contributed by atoms with E-state index in [0.717, 1.165) is 12.3 Å². The third-order valence-electron chi connectivity index (χ3n) is 4.99. The Bertz CT molecular complexity index is 1110. The van der Waals surface area contributed by atoms with Gasteiger partial charge < -0.3 is 9.64 Å². The molecule has 8 nitrogen and oxygen atoms in total. The van der Waals surface area contributed by atoms with Crippen molar-refractivity contribution in [3.8, 4) is 11.3 Å². The molecular weight excluding hydrogens is 401 g/mol. The molecule has 1 amide bonds. The number of alkyl halides is 3. The first-order valence-electron chi connectivity index (χ1n) is 9.46. The highest BCUT2D eigenvalue weighted by Gasteiger charge is 2.37. The lowest BCUT2D eigenvalue weighted by molar-refractivity contribution is -0.142. The Morgan fingerprint density at radius 3 is 2.47 bits per heavy atom. The molecule has 0 saturated carbocycles. The van der Waals surface area contributed by atoms with Crippen LogP contribution in [0.5, 0.6) is 0 Å². The van der Waals surface area contributed by atoms with Crippen LogP contribution >= 0.6 is 0 Å². The van der Waals surface area contributed by atoms with Gasteiger partial charge in [-0.1, -0.05) is 0 Å². The number of rotatable bonds is 2. The van der Waals surface area contributed by atoms with Gasteiger partial charge in [-0.05, 0) is 26.8 Å². The summed E-state index contributed by atoms with van der Waals surface area (Å²) in [7, 11) is 1.67. The van der Waals surface area contributed by atoms with Crippen LogP contribution in [0, 0.1) is 6.92 Å². The zero-order valence-electron chi connectivity index (χ0n) is 16.9. The molecule has 2 atom stereocenters. The molecule has 1 aliphatic rings. The van der Waals surface area contributed by atoms with E-state index in [2.05, 4.69) is 15.2 Å². The number of halogens is 3. The van der Waals surface area contributed by atoms with Gasteiger partial charge in [0.2, 0.25) is 0 Å². The van der Waals surface area contributed by atoms with Crippen LogP contribution in [0.2, 0.25) is 0 Å². The fraction of sp³-hybridized carbons (Fsp3) is 0.474. The molecule has 0 bridgehead atoms. The molecule has 0 radical (unpaired) electrons. The number of aryl methyl sites for hydroxylation is 2. The number of hydrogen-bond donors (Lipinski definition) is 0. The molecule has 3 aromatic heterocycles. The average Bonchev–Trinajstić information content (AvgIpc) is 3.21. The summed E-state index contributed by atoms with van der Waals surface area (Å²) in [6, 6.07) is 0.928. The Labute approximate surface area is 170 Å². The molecule has 0 aliphatic carbocycles. The van der Waals surface area contributed by atoms with Gasteiger partial charge in [-0.25, -0.2) is 9.50 Å². The Morgan fingerprint density at radius 2 is 1.90 bits per heavy atom. The quantitative estimate of drug-likeness (QED) is 0.635. The third kappa shape index (κ3) is 3.53. The molecule has 4 rings (SSSR count). The van der Waals surface area contributed by atoms with E-state index in [9.17, 15) is 18.0 Å². The van der Waals surface area contributed by atoms with Crippen molar-refractivity contribution < 1.29 is 22.7 Å². The van der Waals surface area contributed by atoms with Crippen molar-refractivity contribution in [2.45, 2.75) is 39.2 Å². The van der Waals surface area contributed by atoms with Crippen molar-refractivity contribution in [3.63, 3.8) is 0 Å². The molecule has 160 valence electrons. The fourth-order valence-corrected chi connectivity index (χ4v) is 3.82. The standard InChI is InChI=1S/C19H21F3N6O2/c1-10-7-27(8-11(2)30-10)18(29)13-6-23-28-16(19(20,21)22)5-15(24-17(13)28)14-9-26(4)25-12(14)3/h5-6,9-11H,7-8H2,1-4H3/t10-,11+. The Balaban J connectivity index is 1.87. The van der Waals surface area contributed by atoms with Crippen molar-refractivity contribution in [1.29, 1.82) is 0 Å². The zero-order valence-corrected chi connectivity index (χ0v) is 16.9. The van der Waals surface area contributed by atoms with E-state index in [-0.39, 0.29) is 29.1 Å². The lowest BCUT2D eigenvalue weighted by atomic mass is 10.1. The minimum Gasteiger partial charge on any atom is -0.372 e. The summed E-state index contributed by atoms with van der Waals surface area (Å²) in [5.74, 6) is -0.423. The second-order valence-corrected chi connectivity index (χ2v) is 7.59. The van der Waals surface area contributed by atoms with E-state index in [1.54, 1.807) is 25.1 Å². The van der Waals surface area contributed by atoms with Crippen molar-refractivity contribution in [2.24, 2.45) is 7.05 Å². The van der Waals surface area contributed by atoms with Crippen LogP contribution in [0.4, 0.5) is 13.2 Å². The number of nitrogens with zero attached hydrogens (tertiary/aromatic N) is 6. The summed E-state index contributed by atoms with van der Waals surface area (Å²) < 4.78 is 49.1. The maximum atomic E-state index is 13.8. The summed E-state index contributed by atoms with van der Waals surface area (Å²) in [5.41, 5.74) is -0.0540. The maximum absolute atomic E-state index is 13.8. The largest absolute Gasteiger partial charge is 0.433 e. The highest BCUT2D eigenvalue weighted by Crippen LogP contribution is 2.33. The van der Waals surface area contributed by atoms with Gasteiger partial charge >= 0.3 is 6.18 Å². The second kappa shape index (κ2) is 7.08. The first-order valence-corrected chi connectivity index (χ1v) is 9.46. The smallest absolute Gasteiger partial charge is 0.372 e. The molecule has 30 heavy (non-hydrogen) atoms. The molecule has 4 heterocycles. The molecule has 3 aromatic rings. The maximum Gasteiger partial charge on any atom is 0.433 e. The van der Waals surface area contributed by atoms with Crippen molar-refractivity contribution in [3.05, 3.63) is 35.4 Å². The summed E-state index contributed by atoms with van der Waals surface area (Å²) in [6.07, 6.45) is -2.29. The molecule has 1 fully saturated rings. The summed E-state index contributed by atoms with van der Waals surface area (Å²) in [6.45, 7) is 6.06. The number of carbonyl (C=O) groups is 1. The van der Waals surface area contributed by atoms with Crippen molar-refractivity contribution >= 4 is 11.6 Å². The Kier molecular flexibility index (Phi) is 4.80. The van der Waals surface area contributed by atoms with E-state index >= 15 is 0 Å². The number of amides is 1. The monoisotopic (exact) mass is 422 g/mol. The number of carbonyl (C=O) groups excluding carboxylic acids is 1. The molecule has 0 aromatic carbocycles. The second-order valence-electron chi connectivity index (χ2n) is 7.59. The van der Waals surface area contributed by atoms with Crippen LogP contribution in [-0.4, -0.2) is 60.5 Å². The molecule has 0 N–H and O–H groups in total. The molecule has 0 unspecified atom stereocenters. The minimum absolute atomic E-state index is 0.0187. The SMILES string of the molecule is Cc1nn(C)cc1-c1cc(C(F)(F)F)n2ncc(C(=O)N3C[C@@H](C)O[C@@H](C)C3)c2n1. The number of ether oxygens (including phenoxy) is 1. The predicted octanol–water partition coefficient (Wildman–Crippen LogP) is 2.71. The van der Waals surface area contributed by atoms with Crippen LogP contribution < -0.4 is 0 Å². The molecule has 11 heteroatoms. The van der Waals surface area contributed by atoms with Crippen LogP contribution in [0.1, 0.15) is 35.6 Å². The number of aromatic nitrogens is 5. The van der Waals surface area contributed by atoms with E-state index in [4.69, 9.17) is 4.74 Å². The lowest BCUT2D eigenvalue weighted by Crippen LogP contribution is -2.48. The summed E-state index contributed by atoms with van der Waals surface area (Å²) in [4.78, 5) is 19.1. The van der Waals surface area contributed by atoms with Gasteiger partial charge in [0.25, 0.3) is 5.91 Å². The normalized spacial score (nSPS) is 20.2. The van der Waals surface area contributed by atoms with E-state index in [1.165, 1.54) is 4.68 Å². The van der Waals surface area contributed by atoms with Gasteiger partial charge in [0, 0.05) is 31.9 Å². The zero-order chi connectivity index (χ0) is 21.8. The fourth-order valence-electron chi connectivity index (χ4n) is 3.82. The van der Waals surface area contributed by atoms with Crippen molar-refractivity contribution in [1.82, 2.24) is 29.3 Å². The van der Waals surface area contributed by atoms with Gasteiger partial charge in [-0.3, -0.25) is 9.48 Å². The first-order chi connectivity index (χ1) is 14.0. The number of fused-ring (bicyclic) bond motifs is 1. The minimum atomic E-state index is -4.68. The highest BCUT2D eigenvalue weighted by molar-refractivity contribution is 6.00. The predicted molar refractivity (Wildman–Crippen MR) is 101 cm³/mol. The van der Waals surface area contributed by atoms with Crippen LogP contribution in [0.3, 0.4) is 0 Å². The van der Waals surface area contributed by atoms with Gasteiger partial charge in [-0.15, -0.1) is 0 Å². The first kappa shape index (κ1) is 20.3. The molecule has 1 aliphatic heterocycles. The van der Waals surface area contributed by atoms with Gasteiger partial charge in [0.1, 0.15) is 5.56 Å². The molecular formula is C19H21F3N6O2. The van der Waals surface area contributed by atoms with E-state index in [1.807, 2.05) is 13.8 Å². The molecule has 1 saturated heterocycles. The topological polar surface area (TPSA) is 77.6 Å². The van der Waals surface area contributed by atoms with Crippen LogP contribution in [-0.2, 0) is 18.0 Å². The van der Waals surface area contributed by atoms with E-state index in [0.29, 0.717) is 28.9 Å². The van der Waals surface area contributed by atoms with Gasteiger partial charge in [-0.2, -0.15) is 23.4 Å². The van der Waals surface area contributed by atoms with Gasteiger partial charge in [0.15, 0.2) is 11.3 Å². The third-order valence-corrected chi connectivity index (χ3v) is 4.99.